The van der Waals surface area contributed by atoms with Gasteiger partial charge in [-0.15, -0.1) is 0 Å². The van der Waals surface area contributed by atoms with Gasteiger partial charge in [0, 0.05) is 6.42 Å². The van der Waals surface area contributed by atoms with E-state index in [4.69, 9.17) is 9.66 Å². The molecule has 0 heterocycles. The van der Waals surface area contributed by atoms with Crippen molar-refractivity contribution in [2.24, 2.45) is 46.3 Å². The fraction of sp³-hybridized carbons (Fsp3) is 0.971. The number of hydrogen-bond acceptors (Lipinski definition) is 6. The Morgan fingerprint density at radius 2 is 1.51 bits per heavy atom. The van der Waals surface area contributed by atoms with Crippen LogP contribution in [0.2, 0.25) is 0 Å². The highest BCUT2D eigenvalue weighted by atomic mass is 32.2. The summed E-state index contributed by atoms with van der Waals surface area (Å²) < 4.78 is 29.2. The first-order chi connectivity index (χ1) is 20.1. The Morgan fingerprint density at radius 3 is 2.12 bits per heavy atom. The first-order valence-corrected chi connectivity index (χ1v) is 19.0. The quantitative estimate of drug-likeness (QED) is 0.115. The monoisotopic (exact) mass is 630 g/mol. The fourth-order valence-electron chi connectivity index (χ4n) is 10.1. The van der Waals surface area contributed by atoms with Crippen molar-refractivity contribution in [2.75, 3.05) is 5.75 Å². The summed E-state index contributed by atoms with van der Waals surface area (Å²) >= 11 is 0. The van der Waals surface area contributed by atoms with Crippen LogP contribution in [0.3, 0.4) is 0 Å². The van der Waals surface area contributed by atoms with Gasteiger partial charge in [0.2, 0.25) is 0 Å². The van der Waals surface area contributed by atoms with E-state index in [-0.39, 0.29) is 47.0 Å². The van der Waals surface area contributed by atoms with Crippen LogP contribution in [0.25, 0.3) is 0 Å². The molecule has 0 unspecified atom stereocenters. The molecule has 0 aromatic rings. The summed E-state index contributed by atoms with van der Waals surface area (Å²) in [5.74, 6) is 0.916. The number of fused-ring (bicyclic) bond motifs is 5. The second kappa shape index (κ2) is 15.7. The van der Waals surface area contributed by atoms with E-state index in [1.807, 2.05) is 0 Å². The zero-order valence-electron chi connectivity index (χ0n) is 27.3. The van der Waals surface area contributed by atoms with Gasteiger partial charge in [-0.25, -0.2) is 0 Å². The number of carbonyl (C=O) groups is 1. The van der Waals surface area contributed by atoms with Crippen molar-refractivity contribution >= 4 is 16.1 Å². The van der Waals surface area contributed by atoms with Crippen LogP contribution >= 0.6 is 0 Å². The Kier molecular flexibility index (Phi) is 13.4. The van der Waals surface area contributed by atoms with Gasteiger partial charge in [0.05, 0.1) is 24.1 Å². The summed E-state index contributed by atoms with van der Waals surface area (Å²) in [5, 5.41) is 42.0. The summed E-state index contributed by atoms with van der Waals surface area (Å²) in [6.45, 7) is 8.91. The highest BCUT2D eigenvalue weighted by Gasteiger charge is 2.65. The third-order valence-electron chi connectivity index (χ3n) is 12.6. The second-order valence-corrected chi connectivity index (χ2v) is 16.8. The van der Waals surface area contributed by atoms with Gasteiger partial charge in [-0.3, -0.25) is 9.35 Å². The van der Waals surface area contributed by atoms with Gasteiger partial charge in [0.1, 0.15) is 0 Å². The standard InChI is InChI=1S/C24H40O5.C10H22O3S/c1-13(4-7-21(28)29)16-5-6-17-22-18(12-20(27)24(16,17)3)23(2)9-8-15(25)10-14(23)11-19(22)26;1-2-3-4-5-6-7-8-9-10-14(11,12)13/h13-20,22,25-27H,4-12H2,1-3H3,(H,28,29);2-10H2,1H3,(H,11,12,13)/t13-,14+,15-,16-,17+,18+,19-,20+,22+,23+,24-;/m1./s1. The molecule has 0 radical (unpaired) electrons. The van der Waals surface area contributed by atoms with Crippen LogP contribution in [0, 0.1) is 46.3 Å². The smallest absolute Gasteiger partial charge is 0.303 e. The zero-order valence-corrected chi connectivity index (χ0v) is 28.1. The lowest BCUT2D eigenvalue weighted by Gasteiger charge is -2.63. The van der Waals surface area contributed by atoms with Crippen LogP contribution in [-0.4, -0.2) is 63.4 Å². The number of aliphatic hydroxyl groups is 3. The molecule has 0 spiro atoms. The molecule has 0 aromatic heterocycles. The molecule has 5 N–H and O–H groups in total. The number of unbranched alkanes of at least 4 members (excludes halogenated alkanes) is 7. The maximum atomic E-state index is 11.5. The molecule has 9 heteroatoms. The molecule has 11 atom stereocenters. The van der Waals surface area contributed by atoms with Crippen molar-refractivity contribution in [3.63, 3.8) is 0 Å². The Balaban J connectivity index is 0.000000308. The van der Waals surface area contributed by atoms with Crippen molar-refractivity contribution in [3.05, 3.63) is 0 Å². The van der Waals surface area contributed by atoms with E-state index in [1.165, 1.54) is 32.1 Å². The minimum atomic E-state index is -3.73. The summed E-state index contributed by atoms with van der Waals surface area (Å²) in [5.41, 5.74) is -0.143. The minimum absolute atomic E-state index is 0.0814. The van der Waals surface area contributed by atoms with Gasteiger partial charge in [0.25, 0.3) is 10.1 Å². The van der Waals surface area contributed by atoms with Crippen LogP contribution in [0.15, 0.2) is 0 Å². The van der Waals surface area contributed by atoms with Gasteiger partial charge in [0.15, 0.2) is 0 Å². The van der Waals surface area contributed by atoms with E-state index in [1.54, 1.807) is 0 Å². The molecule has 0 saturated heterocycles. The highest BCUT2D eigenvalue weighted by molar-refractivity contribution is 7.85. The number of aliphatic carboxylic acids is 1. The molecule has 0 bridgehead atoms. The van der Waals surface area contributed by atoms with E-state index in [0.29, 0.717) is 36.5 Å². The van der Waals surface area contributed by atoms with Crippen molar-refractivity contribution in [2.45, 2.75) is 155 Å². The Labute approximate surface area is 261 Å². The van der Waals surface area contributed by atoms with Crippen LogP contribution in [-0.2, 0) is 14.9 Å². The van der Waals surface area contributed by atoms with Crippen molar-refractivity contribution < 1.29 is 38.2 Å². The van der Waals surface area contributed by atoms with Crippen LogP contribution < -0.4 is 0 Å². The van der Waals surface area contributed by atoms with Crippen molar-refractivity contribution in [3.8, 4) is 0 Å². The molecule has 252 valence electrons. The molecule has 4 aliphatic rings. The van der Waals surface area contributed by atoms with E-state index in [9.17, 15) is 28.5 Å². The highest BCUT2D eigenvalue weighted by Crippen LogP contribution is 2.68. The van der Waals surface area contributed by atoms with Crippen LogP contribution in [0.5, 0.6) is 0 Å². The maximum absolute atomic E-state index is 11.5. The number of carboxylic acids is 1. The van der Waals surface area contributed by atoms with Gasteiger partial charge >= 0.3 is 5.97 Å². The van der Waals surface area contributed by atoms with Crippen LogP contribution in [0.1, 0.15) is 137 Å². The number of aliphatic hydroxyl groups excluding tert-OH is 3. The van der Waals surface area contributed by atoms with E-state index in [2.05, 4.69) is 27.7 Å². The van der Waals surface area contributed by atoms with Crippen LogP contribution in [0.4, 0.5) is 0 Å². The molecule has 43 heavy (non-hydrogen) atoms. The lowest BCUT2D eigenvalue weighted by Crippen LogP contribution is -2.62. The first kappa shape index (κ1) is 36.7. The molecular formula is C34H62O8S. The molecule has 0 aromatic carbocycles. The fourth-order valence-corrected chi connectivity index (χ4v) is 10.7. The molecule has 4 saturated carbocycles. The average molecular weight is 631 g/mol. The van der Waals surface area contributed by atoms with Gasteiger partial charge in [-0.2, -0.15) is 8.42 Å². The van der Waals surface area contributed by atoms with E-state index < -0.39 is 22.2 Å². The molecule has 4 rings (SSSR count). The molecule has 0 aliphatic heterocycles. The zero-order chi connectivity index (χ0) is 32.0. The van der Waals surface area contributed by atoms with Gasteiger partial charge in [-0.1, -0.05) is 72.6 Å². The Bertz CT molecular complexity index is 987. The summed E-state index contributed by atoms with van der Waals surface area (Å²) in [6.07, 6.45) is 14.9. The molecule has 4 fully saturated rings. The molecular weight excluding hydrogens is 568 g/mol. The number of hydrogen-bond donors (Lipinski definition) is 5. The molecule has 4 aliphatic carbocycles. The third kappa shape index (κ3) is 8.96. The topological polar surface area (TPSA) is 152 Å². The summed E-state index contributed by atoms with van der Waals surface area (Å²) in [6, 6.07) is 0. The summed E-state index contributed by atoms with van der Waals surface area (Å²) in [4.78, 5) is 11.1. The number of carboxylic acid groups (broad SMARTS) is 1. The summed E-state index contributed by atoms with van der Waals surface area (Å²) in [7, 11) is -3.73. The largest absolute Gasteiger partial charge is 0.481 e. The third-order valence-corrected chi connectivity index (χ3v) is 13.4. The normalized spacial score (nSPS) is 39.5. The first-order valence-electron chi connectivity index (χ1n) is 17.4. The second-order valence-electron chi connectivity index (χ2n) is 15.2. The molecule has 0 amide bonds. The predicted molar refractivity (Wildman–Crippen MR) is 169 cm³/mol. The Hall–Kier alpha value is -0.740. The molecule has 8 nitrogen and oxygen atoms in total. The minimum Gasteiger partial charge on any atom is -0.481 e. The lowest BCUT2D eigenvalue weighted by molar-refractivity contribution is -0.207. The SMILES string of the molecule is CCCCCCCCCCS(=O)(=O)O.C[C@H](CCC(=O)O)[C@H]1CC[C@H]2[C@@H]3[C@H](O)C[C@@H]4C[C@H](O)CC[C@]4(C)[C@H]3C[C@H](O)[C@]12C. The van der Waals surface area contributed by atoms with Gasteiger partial charge in [-0.05, 0) is 104 Å². The average Bonchev–Trinajstić information content (AvgIpc) is 3.28. The van der Waals surface area contributed by atoms with Gasteiger partial charge < -0.3 is 20.4 Å². The lowest BCUT2D eigenvalue weighted by atomic mass is 9.43. The van der Waals surface area contributed by atoms with E-state index >= 15 is 0 Å². The van der Waals surface area contributed by atoms with Crippen molar-refractivity contribution in [1.82, 2.24) is 0 Å². The number of rotatable bonds is 13. The van der Waals surface area contributed by atoms with Crippen molar-refractivity contribution in [1.29, 1.82) is 0 Å². The predicted octanol–water partition coefficient (Wildman–Crippen LogP) is 6.46. The van der Waals surface area contributed by atoms with E-state index in [0.717, 1.165) is 57.8 Å². The Morgan fingerprint density at radius 1 is 0.884 bits per heavy atom. The maximum Gasteiger partial charge on any atom is 0.303 e.